The standard InChI is InChI=1S/C22H16FN5OS/c1-2-29-18-9-4-3-8-16(18)20-17(11-24)19-21(30-20)22(26-13-25-19)28-27-12-14-6-5-7-15(23)10-14/h3-10,12-13H,2H2,1H3,(H,25,26,28)/b27-12+. The lowest BCUT2D eigenvalue weighted by Crippen LogP contribution is -1.95. The van der Waals surface area contributed by atoms with Crippen LogP contribution in [0.3, 0.4) is 0 Å². The van der Waals surface area contributed by atoms with Crippen LogP contribution in [0.4, 0.5) is 10.2 Å². The smallest absolute Gasteiger partial charge is 0.167 e. The Morgan fingerprint density at radius 3 is 2.90 bits per heavy atom. The summed E-state index contributed by atoms with van der Waals surface area (Å²) < 4.78 is 19.8. The lowest BCUT2D eigenvalue weighted by molar-refractivity contribution is 0.341. The average molecular weight is 417 g/mol. The van der Waals surface area contributed by atoms with Crippen LogP contribution in [0.25, 0.3) is 20.7 Å². The predicted molar refractivity (Wildman–Crippen MR) is 116 cm³/mol. The summed E-state index contributed by atoms with van der Waals surface area (Å²) in [5, 5.41) is 14.0. The second kappa shape index (κ2) is 8.68. The fraction of sp³-hybridized carbons (Fsp3) is 0.0909. The van der Waals surface area contributed by atoms with Gasteiger partial charge in [-0.25, -0.2) is 14.4 Å². The Morgan fingerprint density at radius 2 is 2.10 bits per heavy atom. The van der Waals surface area contributed by atoms with E-state index < -0.39 is 0 Å². The van der Waals surface area contributed by atoms with Gasteiger partial charge in [0.05, 0.1) is 28.0 Å². The summed E-state index contributed by atoms with van der Waals surface area (Å²) in [4.78, 5) is 9.32. The quantitative estimate of drug-likeness (QED) is 0.344. The molecule has 0 bridgehead atoms. The molecule has 0 aliphatic rings. The molecule has 4 rings (SSSR count). The van der Waals surface area contributed by atoms with Crippen LogP contribution >= 0.6 is 11.3 Å². The van der Waals surface area contributed by atoms with E-state index in [1.165, 1.54) is 36.0 Å². The molecule has 0 amide bonds. The molecule has 0 spiro atoms. The van der Waals surface area contributed by atoms with E-state index in [2.05, 4.69) is 26.6 Å². The summed E-state index contributed by atoms with van der Waals surface area (Å²) in [6, 6.07) is 15.9. The number of nitrogens with one attached hydrogen (secondary N) is 1. The van der Waals surface area contributed by atoms with Gasteiger partial charge >= 0.3 is 0 Å². The van der Waals surface area contributed by atoms with Crippen molar-refractivity contribution in [3.05, 3.63) is 71.8 Å². The number of hydrogen-bond acceptors (Lipinski definition) is 7. The Bertz CT molecular complexity index is 1280. The third-order valence-electron chi connectivity index (χ3n) is 4.25. The predicted octanol–water partition coefficient (Wildman–Crippen LogP) is 5.21. The number of benzene rings is 2. The minimum Gasteiger partial charge on any atom is -0.493 e. The van der Waals surface area contributed by atoms with Crippen molar-refractivity contribution in [1.82, 2.24) is 9.97 Å². The first kappa shape index (κ1) is 19.5. The zero-order chi connectivity index (χ0) is 20.9. The molecular weight excluding hydrogens is 401 g/mol. The Hall–Kier alpha value is -3.83. The fourth-order valence-corrected chi connectivity index (χ4v) is 4.15. The number of hydrogen-bond donors (Lipinski definition) is 1. The van der Waals surface area contributed by atoms with E-state index in [9.17, 15) is 9.65 Å². The number of hydrazone groups is 1. The molecule has 0 unspecified atom stereocenters. The fourth-order valence-electron chi connectivity index (χ4n) is 2.97. The molecule has 0 radical (unpaired) electrons. The Balaban J connectivity index is 1.75. The van der Waals surface area contributed by atoms with Gasteiger partial charge in [-0.15, -0.1) is 11.3 Å². The molecule has 6 nitrogen and oxygen atoms in total. The van der Waals surface area contributed by atoms with Gasteiger partial charge in [-0.05, 0) is 36.8 Å². The molecule has 2 aromatic heterocycles. The van der Waals surface area contributed by atoms with Crippen molar-refractivity contribution in [3.8, 4) is 22.3 Å². The van der Waals surface area contributed by atoms with Crippen molar-refractivity contribution in [2.24, 2.45) is 5.10 Å². The molecule has 30 heavy (non-hydrogen) atoms. The van der Waals surface area contributed by atoms with Crippen LogP contribution in [-0.4, -0.2) is 22.8 Å². The van der Waals surface area contributed by atoms with Crippen LogP contribution in [0.2, 0.25) is 0 Å². The third kappa shape index (κ3) is 3.83. The van der Waals surface area contributed by atoms with Gasteiger partial charge in [-0.2, -0.15) is 10.4 Å². The van der Waals surface area contributed by atoms with Crippen molar-refractivity contribution in [2.75, 3.05) is 12.0 Å². The van der Waals surface area contributed by atoms with Gasteiger partial charge in [-0.1, -0.05) is 24.3 Å². The molecule has 0 saturated heterocycles. The number of anilines is 1. The van der Waals surface area contributed by atoms with E-state index in [1.54, 1.807) is 12.1 Å². The second-order valence-corrected chi connectivity index (χ2v) is 7.19. The highest BCUT2D eigenvalue weighted by atomic mass is 32.1. The first-order valence-electron chi connectivity index (χ1n) is 9.15. The molecule has 0 atom stereocenters. The highest BCUT2D eigenvalue weighted by Crippen LogP contribution is 2.43. The largest absolute Gasteiger partial charge is 0.493 e. The third-order valence-corrected chi connectivity index (χ3v) is 5.47. The van der Waals surface area contributed by atoms with E-state index in [4.69, 9.17) is 4.74 Å². The molecule has 8 heteroatoms. The topological polar surface area (TPSA) is 83.2 Å². The van der Waals surface area contributed by atoms with Crippen LogP contribution in [0.1, 0.15) is 18.1 Å². The highest BCUT2D eigenvalue weighted by Gasteiger charge is 2.20. The Kier molecular flexibility index (Phi) is 5.63. The molecule has 4 aromatic rings. The van der Waals surface area contributed by atoms with Gasteiger partial charge in [0, 0.05) is 5.56 Å². The number of aromatic nitrogens is 2. The van der Waals surface area contributed by atoms with Crippen molar-refractivity contribution in [1.29, 1.82) is 5.26 Å². The minimum atomic E-state index is -0.335. The van der Waals surface area contributed by atoms with Gasteiger partial charge < -0.3 is 4.74 Å². The van der Waals surface area contributed by atoms with Gasteiger partial charge in [0.2, 0.25) is 0 Å². The maximum absolute atomic E-state index is 13.3. The number of nitrogens with zero attached hydrogens (tertiary/aromatic N) is 4. The monoisotopic (exact) mass is 417 g/mol. The number of fused-ring (bicyclic) bond motifs is 1. The average Bonchev–Trinajstić information content (AvgIpc) is 3.14. The van der Waals surface area contributed by atoms with Crippen molar-refractivity contribution >= 4 is 33.6 Å². The number of rotatable bonds is 6. The highest BCUT2D eigenvalue weighted by molar-refractivity contribution is 7.23. The molecule has 0 fully saturated rings. The van der Waals surface area contributed by atoms with Crippen molar-refractivity contribution < 1.29 is 9.13 Å². The number of nitriles is 1. The van der Waals surface area contributed by atoms with E-state index in [0.29, 0.717) is 39.5 Å². The van der Waals surface area contributed by atoms with E-state index in [1.807, 2.05) is 31.2 Å². The Labute approximate surface area is 176 Å². The molecule has 0 aliphatic heterocycles. The summed E-state index contributed by atoms with van der Waals surface area (Å²) in [6.45, 7) is 2.43. The molecule has 1 N–H and O–H groups in total. The first-order valence-corrected chi connectivity index (χ1v) is 9.97. The van der Waals surface area contributed by atoms with Crippen molar-refractivity contribution in [2.45, 2.75) is 6.92 Å². The van der Waals surface area contributed by atoms with Gasteiger partial charge in [0.25, 0.3) is 0 Å². The SMILES string of the molecule is CCOc1ccccc1-c1sc2c(N/N=C/c3cccc(F)c3)ncnc2c1C#N. The van der Waals surface area contributed by atoms with Crippen LogP contribution in [0.5, 0.6) is 5.75 Å². The van der Waals surface area contributed by atoms with E-state index >= 15 is 0 Å². The number of ether oxygens (including phenoxy) is 1. The van der Waals surface area contributed by atoms with Crippen LogP contribution in [-0.2, 0) is 0 Å². The zero-order valence-electron chi connectivity index (χ0n) is 16.0. The van der Waals surface area contributed by atoms with Gasteiger partial charge in [0.1, 0.15) is 29.5 Å². The minimum absolute atomic E-state index is 0.335. The summed E-state index contributed by atoms with van der Waals surface area (Å²) >= 11 is 1.39. The number of para-hydroxylation sites is 1. The molecule has 2 heterocycles. The molecular formula is C22H16FN5OS. The molecule has 148 valence electrons. The van der Waals surface area contributed by atoms with Gasteiger partial charge in [0.15, 0.2) is 5.82 Å². The summed E-state index contributed by atoms with van der Waals surface area (Å²) in [6.07, 6.45) is 2.88. The van der Waals surface area contributed by atoms with E-state index in [-0.39, 0.29) is 5.82 Å². The van der Waals surface area contributed by atoms with Crippen LogP contribution < -0.4 is 10.2 Å². The van der Waals surface area contributed by atoms with Crippen LogP contribution in [0.15, 0.2) is 60.0 Å². The summed E-state index contributed by atoms with van der Waals surface area (Å²) in [5.41, 5.74) is 5.32. The normalized spacial score (nSPS) is 11.0. The Morgan fingerprint density at radius 1 is 1.23 bits per heavy atom. The lowest BCUT2D eigenvalue weighted by Gasteiger charge is -2.08. The van der Waals surface area contributed by atoms with E-state index in [0.717, 1.165) is 10.4 Å². The van der Waals surface area contributed by atoms with Crippen LogP contribution in [0, 0.1) is 17.1 Å². The molecule has 0 aliphatic carbocycles. The van der Waals surface area contributed by atoms with Crippen molar-refractivity contribution in [3.63, 3.8) is 0 Å². The molecule has 0 saturated carbocycles. The zero-order valence-corrected chi connectivity index (χ0v) is 16.8. The first-order chi connectivity index (χ1) is 14.7. The maximum Gasteiger partial charge on any atom is 0.167 e. The molecule has 2 aromatic carbocycles. The maximum atomic E-state index is 13.3. The number of halogens is 1. The second-order valence-electron chi connectivity index (χ2n) is 6.17. The number of thiophene rings is 1. The summed E-state index contributed by atoms with van der Waals surface area (Å²) in [7, 11) is 0. The summed E-state index contributed by atoms with van der Waals surface area (Å²) in [5.74, 6) is 0.835. The van der Waals surface area contributed by atoms with Gasteiger partial charge in [-0.3, -0.25) is 5.43 Å². The lowest BCUT2D eigenvalue weighted by atomic mass is 10.1.